The van der Waals surface area contributed by atoms with Crippen molar-refractivity contribution in [2.24, 2.45) is 0 Å². The van der Waals surface area contributed by atoms with Gasteiger partial charge in [-0.3, -0.25) is 4.79 Å². The van der Waals surface area contributed by atoms with Crippen molar-refractivity contribution < 1.29 is 9.53 Å². The van der Waals surface area contributed by atoms with Crippen LogP contribution in [0.3, 0.4) is 0 Å². The van der Waals surface area contributed by atoms with Crippen LogP contribution in [0.25, 0.3) is 0 Å². The molecule has 5 heteroatoms. The summed E-state index contributed by atoms with van der Waals surface area (Å²) in [7, 11) is 0. The minimum Gasteiger partial charge on any atom is -0.484 e. The molecule has 0 aliphatic carbocycles. The summed E-state index contributed by atoms with van der Waals surface area (Å²) in [5.41, 5.74) is 0.547. The summed E-state index contributed by atoms with van der Waals surface area (Å²) >= 11 is 0. The van der Waals surface area contributed by atoms with E-state index in [0.29, 0.717) is 17.1 Å². The van der Waals surface area contributed by atoms with E-state index in [1.807, 2.05) is 6.07 Å². The number of nitrogens with one attached hydrogen (secondary N) is 1. The average Bonchev–Trinajstić information content (AvgIpc) is 2.47. The Bertz CT molecular complexity index is 588. The van der Waals surface area contributed by atoms with Crippen LogP contribution in [-0.4, -0.2) is 17.5 Å². The van der Waals surface area contributed by atoms with Gasteiger partial charge in [0.05, 0.1) is 11.6 Å². The Balaban J connectivity index is 1.85. The molecule has 2 aromatic rings. The van der Waals surface area contributed by atoms with E-state index in [4.69, 9.17) is 10.00 Å². The molecule has 19 heavy (non-hydrogen) atoms. The van der Waals surface area contributed by atoms with Crippen LogP contribution in [0, 0.1) is 11.3 Å². The maximum atomic E-state index is 11.6. The standard InChI is InChI=1S/C14H11N3O2/c15-9-11-4-6-12(7-5-11)19-10-14(18)17-13-3-1-2-8-16-13/h1-8H,10H2,(H,16,17,18). The summed E-state index contributed by atoms with van der Waals surface area (Å²) in [6.45, 7) is -0.109. The van der Waals surface area contributed by atoms with Crippen molar-refractivity contribution in [2.75, 3.05) is 11.9 Å². The average molecular weight is 253 g/mol. The van der Waals surface area contributed by atoms with Crippen molar-refractivity contribution in [3.05, 3.63) is 54.2 Å². The maximum Gasteiger partial charge on any atom is 0.263 e. The van der Waals surface area contributed by atoms with Crippen LogP contribution >= 0.6 is 0 Å². The van der Waals surface area contributed by atoms with Gasteiger partial charge in [-0.05, 0) is 36.4 Å². The van der Waals surface area contributed by atoms with E-state index in [0.717, 1.165) is 0 Å². The Kier molecular flexibility index (Phi) is 4.09. The van der Waals surface area contributed by atoms with Gasteiger partial charge < -0.3 is 10.1 Å². The van der Waals surface area contributed by atoms with Crippen LogP contribution in [-0.2, 0) is 4.79 Å². The monoisotopic (exact) mass is 253 g/mol. The van der Waals surface area contributed by atoms with E-state index in [9.17, 15) is 4.79 Å². The predicted molar refractivity (Wildman–Crippen MR) is 69.5 cm³/mol. The van der Waals surface area contributed by atoms with Crippen LogP contribution in [0.2, 0.25) is 0 Å². The minimum absolute atomic E-state index is 0.109. The number of nitriles is 1. The Morgan fingerprint density at radius 3 is 2.68 bits per heavy atom. The maximum absolute atomic E-state index is 11.6. The molecule has 0 aliphatic heterocycles. The molecular formula is C14H11N3O2. The summed E-state index contributed by atoms with van der Waals surface area (Å²) in [6, 6.07) is 13.8. The molecule has 0 fully saturated rings. The highest BCUT2D eigenvalue weighted by Crippen LogP contribution is 2.11. The van der Waals surface area contributed by atoms with Crippen molar-refractivity contribution in [1.29, 1.82) is 5.26 Å². The van der Waals surface area contributed by atoms with Crippen LogP contribution < -0.4 is 10.1 Å². The lowest BCUT2D eigenvalue weighted by Gasteiger charge is -2.06. The summed E-state index contributed by atoms with van der Waals surface area (Å²) < 4.78 is 5.29. The first kappa shape index (κ1) is 12.6. The number of nitrogens with zero attached hydrogens (tertiary/aromatic N) is 2. The highest BCUT2D eigenvalue weighted by atomic mass is 16.5. The number of hydrogen-bond donors (Lipinski definition) is 1. The molecule has 0 aliphatic rings. The highest BCUT2D eigenvalue weighted by Gasteiger charge is 2.04. The minimum atomic E-state index is -0.289. The summed E-state index contributed by atoms with van der Waals surface area (Å²) in [6.07, 6.45) is 1.59. The molecule has 1 amide bonds. The van der Waals surface area contributed by atoms with Crippen LogP contribution in [0.15, 0.2) is 48.7 Å². The number of carbonyl (C=O) groups is 1. The zero-order valence-corrected chi connectivity index (χ0v) is 10.0. The number of aromatic nitrogens is 1. The van der Waals surface area contributed by atoms with Gasteiger partial charge in [-0.1, -0.05) is 6.07 Å². The first-order valence-corrected chi connectivity index (χ1v) is 5.62. The van der Waals surface area contributed by atoms with E-state index in [1.165, 1.54) is 0 Å². The number of benzene rings is 1. The molecule has 94 valence electrons. The fourth-order valence-corrected chi connectivity index (χ4v) is 1.39. The first-order chi connectivity index (χ1) is 9.28. The number of hydrogen-bond acceptors (Lipinski definition) is 4. The number of amides is 1. The van der Waals surface area contributed by atoms with Gasteiger partial charge >= 0.3 is 0 Å². The molecule has 1 heterocycles. The molecule has 0 spiro atoms. The lowest BCUT2D eigenvalue weighted by Crippen LogP contribution is -2.20. The fraction of sp³-hybridized carbons (Fsp3) is 0.0714. The summed E-state index contributed by atoms with van der Waals surface area (Å²) in [5.74, 6) is 0.731. The predicted octanol–water partition coefficient (Wildman–Crippen LogP) is 1.97. The molecule has 0 bridgehead atoms. The molecule has 0 atom stereocenters. The Morgan fingerprint density at radius 2 is 2.05 bits per heavy atom. The molecule has 2 rings (SSSR count). The molecule has 5 nitrogen and oxygen atoms in total. The largest absolute Gasteiger partial charge is 0.484 e. The molecular weight excluding hydrogens is 242 g/mol. The third-order valence-electron chi connectivity index (χ3n) is 2.29. The molecule has 0 unspecified atom stereocenters. The lowest BCUT2D eigenvalue weighted by atomic mass is 10.2. The van der Waals surface area contributed by atoms with Gasteiger partial charge in [-0.15, -0.1) is 0 Å². The quantitative estimate of drug-likeness (QED) is 0.903. The fourth-order valence-electron chi connectivity index (χ4n) is 1.39. The van der Waals surface area contributed by atoms with Gasteiger partial charge in [0.2, 0.25) is 0 Å². The van der Waals surface area contributed by atoms with E-state index in [-0.39, 0.29) is 12.5 Å². The third kappa shape index (κ3) is 3.82. The second-order valence-corrected chi connectivity index (χ2v) is 3.69. The number of pyridine rings is 1. The van der Waals surface area contributed by atoms with Gasteiger partial charge in [-0.2, -0.15) is 5.26 Å². The van der Waals surface area contributed by atoms with Crippen LogP contribution in [0.5, 0.6) is 5.75 Å². The van der Waals surface area contributed by atoms with Crippen LogP contribution in [0.4, 0.5) is 5.82 Å². The van der Waals surface area contributed by atoms with E-state index >= 15 is 0 Å². The van der Waals surface area contributed by atoms with Gasteiger partial charge in [0, 0.05) is 6.20 Å². The van der Waals surface area contributed by atoms with Crippen molar-refractivity contribution in [3.63, 3.8) is 0 Å². The van der Waals surface area contributed by atoms with Gasteiger partial charge in [0.25, 0.3) is 5.91 Å². The number of rotatable bonds is 4. The molecule has 1 N–H and O–H groups in total. The van der Waals surface area contributed by atoms with Gasteiger partial charge in [0.1, 0.15) is 11.6 Å². The molecule has 1 aromatic carbocycles. The summed E-state index contributed by atoms with van der Waals surface area (Å²) in [5, 5.41) is 11.3. The van der Waals surface area contributed by atoms with Gasteiger partial charge in [-0.25, -0.2) is 4.98 Å². The zero-order chi connectivity index (χ0) is 13.5. The number of anilines is 1. The first-order valence-electron chi connectivity index (χ1n) is 5.62. The molecule has 1 aromatic heterocycles. The van der Waals surface area contributed by atoms with E-state index in [2.05, 4.69) is 10.3 Å². The van der Waals surface area contributed by atoms with Crippen molar-refractivity contribution in [3.8, 4) is 11.8 Å². The normalized spacial score (nSPS) is 9.42. The number of ether oxygens (including phenoxy) is 1. The molecule has 0 saturated carbocycles. The third-order valence-corrected chi connectivity index (χ3v) is 2.29. The Morgan fingerprint density at radius 1 is 1.26 bits per heavy atom. The smallest absolute Gasteiger partial charge is 0.263 e. The lowest BCUT2D eigenvalue weighted by molar-refractivity contribution is -0.118. The van der Waals surface area contributed by atoms with Crippen LogP contribution in [0.1, 0.15) is 5.56 Å². The topological polar surface area (TPSA) is 75.0 Å². The van der Waals surface area contributed by atoms with E-state index < -0.39 is 0 Å². The highest BCUT2D eigenvalue weighted by molar-refractivity contribution is 5.90. The number of carbonyl (C=O) groups excluding carboxylic acids is 1. The van der Waals surface area contributed by atoms with Crippen molar-refractivity contribution >= 4 is 11.7 Å². The molecule has 0 radical (unpaired) electrons. The Hall–Kier alpha value is -2.87. The SMILES string of the molecule is N#Cc1ccc(OCC(=O)Nc2ccccn2)cc1. The van der Waals surface area contributed by atoms with Crippen molar-refractivity contribution in [2.45, 2.75) is 0 Å². The summed E-state index contributed by atoms with van der Waals surface area (Å²) in [4.78, 5) is 15.6. The van der Waals surface area contributed by atoms with Crippen molar-refractivity contribution in [1.82, 2.24) is 4.98 Å². The zero-order valence-electron chi connectivity index (χ0n) is 10.0. The second kappa shape index (κ2) is 6.17. The molecule has 0 saturated heterocycles. The van der Waals surface area contributed by atoms with E-state index in [1.54, 1.807) is 48.7 Å². The van der Waals surface area contributed by atoms with Gasteiger partial charge in [0.15, 0.2) is 6.61 Å². The second-order valence-electron chi connectivity index (χ2n) is 3.69. The Labute approximate surface area is 110 Å².